The van der Waals surface area contributed by atoms with Gasteiger partial charge in [-0.1, -0.05) is 73.7 Å². The number of benzene rings is 3. The van der Waals surface area contributed by atoms with Gasteiger partial charge in [-0.15, -0.1) is 5.10 Å². The van der Waals surface area contributed by atoms with Crippen molar-refractivity contribution < 1.29 is 9.59 Å². The Bertz CT molecular complexity index is 1300. The fraction of sp³-hybridized carbons (Fsp3) is 0.286. The second-order valence-corrected chi connectivity index (χ2v) is 9.13. The summed E-state index contributed by atoms with van der Waals surface area (Å²) in [6.07, 6.45) is 0.858. The lowest BCUT2D eigenvalue weighted by atomic mass is 10.0. The molecule has 0 unspecified atom stereocenters. The number of aromatic nitrogens is 3. The van der Waals surface area contributed by atoms with Crippen LogP contribution in [0.15, 0.2) is 78.9 Å². The SMILES string of the molecule is Cc1cccc(N(C(=O)Cn2nnc3ccccc32)[C@H](C(=O)NCCC(C)C)c2ccccc2)c1. The van der Waals surface area contributed by atoms with Crippen LogP contribution in [-0.4, -0.2) is 33.4 Å². The highest BCUT2D eigenvalue weighted by Gasteiger charge is 2.33. The Morgan fingerprint density at radius 1 is 0.971 bits per heavy atom. The van der Waals surface area contributed by atoms with Crippen molar-refractivity contribution in [3.05, 3.63) is 90.0 Å². The minimum Gasteiger partial charge on any atom is -0.354 e. The Balaban J connectivity index is 1.74. The van der Waals surface area contributed by atoms with E-state index in [0.29, 0.717) is 23.7 Å². The molecule has 1 atom stereocenters. The molecule has 0 saturated heterocycles. The lowest BCUT2D eigenvalue weighted by Gasteiger charge is -2.32. The number of amides is 2. The Labute approximate surface area is 205 Å². The maximum Gasteiger partial charge on any atom is 0.249 e. The molecular formula is C28H31N5O2. The van der Waals surface area contributed by atoms with Crippen molar-refractivity contribution in [2.75, 3.05) is 11.4 Å². The van der Waals surface area contributed by atoms with E-state index in [9.17, 15) is 9.59 Å². The molecule has 180 valence electrons. The largest absolute Gasteiger partial charge is 0.354 e. The van der Waals surface area contributed by atoms with Gasteiger partial charge < -0.3 is 5.32 Å². The van der Waals surface area contributed by atoms with Gasteiger partial charge >= 0.3 is 0 Å². The predicted octanol–water partition coefficient (Wildman–Crippen LogP) is 4.68. The molecule has 0 bridgehead atoms. The van der Waals surface area contributed by atoms with E-state index in [0.717, 1.165) is 23.1 Å². The van der Waals surface area contributed by atoms with E-state index in [1.54, 1.807) is 9.58 Å². The number of aryl methyl sites for hydroxylation is 1. The minimum atomic E-state index is -0.826. The van der Waals surface area contributed by atoms with Crippen LogP contribution >= 0.6 is 0 Å². The maximum atomic E-state index is 13.9. The Kier molecular flexibility index (Phi) is 7.55. The van der Waals surface area contributed by atoms with Crippen LogP contribution in [0.3, 0.4) is 0 Å². The van der Waals surface area contributed by atoms with Crippen LogP contribution < -0.4 is 10.2 Å². The quantitative estimate of drug-likeness (QED) is 0.386. The van der Waals surface area contributed by atoms with Gasteiger partial charge in [-0.2, -0.15) is 0 Å². The molecule has 0 radical (unpaired) electrons. The number of hydrogen-bond donors (Lipinski definition) is 1. The number of hydrogen-bond acceptors (Lipinski definition) is 4. The topological polar surface area (TPSA) is 80.1 Å². The Hall–Kier alpha value is -4.00. The predicted molar refractivity (Wildman–Crippen MR) is 138 cm³/mol. The van der Waals surface area contributed by atoms with E-state index in [-0.39, 0.29) is 18.4 Å². The molecule has 0 spiro atoms. The minimum absolute atomic E-state index is 0.0446. The highest BCUT2D eigenvalue weighted by atomic mass is 16.2. The molecular weight excluding hydrogens is 438 g/mol. The van der Waals surface area contributed by atoms with Crippen LogP contribution in [0.25, 0.3) is 11.0 Å². The molecule has 0 aliphatic heterocycles. The smallest absolute Gasteiger partial charge is 0.249 e. The summed E-state index contributed by atoms with van der Waals surface area (Å²) in [7, 11) is 0. The fourth-order valence-electron chi connectivity index (χ4n) is 4.09. The monoisotopic (exact) mass is 469 g/mol. The lowest BCUT2D eigenvalue weighted by molar-refractivity contribution is -0.127. The van der Waals surface area contributed by atoms with Crippen molar-refractivity contribution in [2.24, 2.45) is 5.92 Å². The highest BCUT2D eigenvalue weighted by Crippen LogP contribution is 2.29. The molecule has 0 fully saturated rings. The molecule has 7 heteroatoms. The van der Waals surface area contributed by atoms with Crippen molar-refractivity contribution in [1.82, 2.24) is 20.3 Å². The second-order valence-electron chi connectivity index (χ2n) is 9.13. The van der Waals surface area contributed by atoms with Gasteiger partial charge in [0.1, 0.15) is 18.1 Å². The first-order valence-electron chi connectivity index (χ1n) is 11.9. The van der Waals surface area contributed by atoms with E-state index >= 15 is 0 Å². The molecule has 1 N–H and O–H groups in total. The molecule has 3 aromatic carbocycles. The van der Waals surface area contributed by atoms with Gasteiger partial charge in [0.2, 0.25) is 11.8 Å². The summed E-state index contributed by atoms with van der Waals surface area (Å²) in [6, 6.07) is 23.8. The van der Waals surface area contributed by atoms with Crippen molar-refractivity contribution in [1.29, 1.82) is 0 Å². The summed E-state index contributed by atoms with van der Waals surface area (Å²) in [5.74, 6) is -0.00477. The van der Waals surface area contributed by atoms with Crippen molar-refractivity contribution in [2.45, 2.75) is 39.8 Å². The number of nitrogens with zero attached hydrogens (tertiary/aromatic N) is 4. The van der Waals surface area contributed by atoms with Gasteiger partial charge in [0.25, 0.3) is 0 Å². The second kappa shape index (κ2) is 11.0. The summed E-state index contributed by atoms with van der Waals surface area (Å²) in [6.45, 7) is 6.70. The van der Waals surface area contributed by atoms with Crippen LogP contribution in [0, 0.1) is 12.8 Å². The van der Waals surface area contributed by atoms with Crippen molar-refractivity contribution in [3.63, 3.8) is 0 Å². The summed E-state index contributed by atoms with van der Waals surface area (Å²) in [5.41, 5.74) is 3.88. The van der Waals surface area contributed by atoms with E-state index in [2.05, 4.69) is 29.5 Å². The summed E-state index contributed by atoms with van der Waals surface area (Å²) in [5, 5.41) is 11.4. The van der Waals surface area contributed by atoms with Gasteiger partial charge in [-0.25, -0.2) is 4.68 Å². The standard InChI is InChI=1S/C28H31N5O2/c1-20(2)16-17-29-28(35)27(22-11-5-4-6-12-22)33(23-13-9-10-21(3)18-23)26(34)19-32-25-15-8-7-14-24(25)30-31-32/h4-15,18,20,27H,16-17,19H2,1-3H3,(H,29,35)/t27-/m0/s1. The summed E-state index contributed by atoms with van der Waals surface area (Å²) in [4.78, 5) is 29.1. The number of para-hydroxylation sites is 1. The van der Waals surface area contributed by atoms with Crippen LogP contribution in [0.2, 0.25) is 0 Å². The molecule has 2 amide bonds. The lowest BCUT2D eigenvalue weighted by Crippen LogP contribution is -2.45. The van der Waals surface area contributed by atoms with Gasteiger partial charge in [0.05, 0.1) is 5.52 Å². The van der Waals surface area contributed by atoms with Crippen LogP contribution in [-0.2, 0) is 16.1 Å². The van der Waals surface area contributed by atoms with Gasteiger partial charge in [0.15, 0.2) is 0 Å². The number of fused-ring (bicyclic) bond motifs is 1. The van der Waals surface area contributed by atoms with E-state index in [1.807, 2.05) is 85.8 Å². The fourth-order valence-corrected chi connectivity index (χ4v) is 4.09. The summed E-state index contributed by atoms with van der Waals surface area (Å²) >= 11 is 0. The molecule has 4 rings (SSSR count). The molecule has 0 aliphatic carbocycles. The third-order valence-electron chi connectivity index (χ3n) is 5.90. The van der Waals surface area contributed by atoms with E-state index in [1.165, 1.54) is 0 Å². The van der Waals surface area contributed by atoms with E-state index in [4.69, 9.17) is 0 Å². The Morgan fingerprint density at radius 2 is 1.71 bits per heavy atom. The molecule has 1 heterocycles. The number of rotatable bonds is 9. The highest BCUT2D eigenvalue weighted by molar-refractivity contribution is 6.01. The van der Waals surface area contributed by atoms with Crippen molar-refractivity contribution >= 4 is 28.5 Å². The van der Waals surface area contributed by atoms with E-state index < -0.39 is 6.04 Å². The maximum absolute atomic E-state index is 13.9. The summed E-state index contributed by atoms with van der Waals surface area (Å²) < 4.78 is 1.58. The number of nitrogens with one attached hydrogen (secondary N) is 1. The van der Waals surface area contributed by atoms with Gasteiger partial charge in [-0.05, 0) is 54.7 Å². The first kappa shape index (κ1) is 24.1. The molecule has 35 heavy (non-hydrogen) atoms. The number of anilines is 1. The Morgan fingerprint density at radius 3 is 2.46 bits per heavy atom. The molecule has 0 saturated carbocycles. The van der Waals surface area contributed by atoms with Crippen LogP contribution in [0.4, 0.5) is 5.69 Å². The van der Waals surface area contributed by atoms with Crippen LogP contribution in [0.5, 0.6) is 0 Å². The average Bonchev–Trinajstić information content (AvgIpc) is 3.25. The first-order valence-corrected chi connectivity index (χ1v) is 11.9. The van der Waals surface area contributed by atoms with Gasteiger partial charge in [-0.3, -0.25) is 14.5 Å². The normalized spacial score (nSPS) is 12.0. The number of carbonyl (C=O) groups is 2. The third kappa shape index (κ3) is 5.74. The number of carbonyl (C=O) groups excluding carboxylic acids is 2. The first-order chi connectivity index (χ1) is 16.9. The zero-order chi connectivity index (χ0) is 24.8. The molecule has 7 nitrogen and oxygen atoms in total. The van der Waals surface area contributed by atoms with Crippen molar-refractivity contribution in [3.8, 4) is 0 Å². The zero-order valence-corrected chi connectivity index (χ0v) is 20.4. The molecule has 0 aliphatic rings. The van der Waals surface area contributed by atoms with Crippen LogP contribution in [0.1, 0.15) is 37.4 Å². The molecule has 1 aromatic heterocycles. The average molecular weight is 470 g/mol. The van der Waals surface area contributed by atoms with Gasteiger partial charge in [0, 0.05) is 12.2 Å². The molecule has 4 aromatic rings. The third-order valence-corrected chi connectivity index (χ3v) is 5.90. The zero-order valence-electron chi connectivity index (χ0n) is 20.4.